The third-order valence-corrected chi connectivity index (χ3v) is 2.96. The fourth-order valence-corrected chi connectivity index (χ4v) is 2.27. The summed E-state index contributed by atoms with van der Waals surface area (Å²) in [7, 11) is 0. The quantitative estimate of drug-likeness (QED) is 0.650. The molecule has 1 aromatic heterocycles. The molecule has 0 amide bonds. The molecular formula is C10H7BrClN. The molecule has 0 aliphatic carbocycles. The molecular weight excluding hydrogens is 249 g/mol. The van der Waals surface area contributed by atoms with Crippen molar-refractivity contribution in [1.82, 2.24) is 4.98 Å². The Morgan fingerprint density at radius 1 is 1.38 bits per heavy atom. The summed E-state index contributed by atoms with van der Waals surface area (Å²) >= 11 is 9.45. The van der Waals surface area contributed by atoms with Gasteiger partial charge in [0.25, 0.3) is 0 Å². The van der Waals surface area contributed by atoms with Crippen LogP contribution < -0.4 is 0 Å². The maximum atomic E-state index is 5.99. The molecule has 0 atom stereocenters. The van der Waals surface area contributed by atoms with Crippen molar-refractivity contribution in [3.63, 3.8) is 0 Å². The molecule has 0 radical (unpaired) electrons. The van der Waals surface area contributed by atoms with Crippen LogP contribution in [0, 0.1) is 6.92 Å². The van der Waals surface area contributed by atoms with Crippen LogP contribution in [0.3, 0.4) is 0 Å². The first-order chi connectivity index (χ1) is 6.20. The second-order valence-electron chi connectivity index (χ2n) is 2.89. The maximum absolute atomic E-state index is 5.99. The van der Waals surface area contributed by atoms with Crippen LogP contribution in [0.1, 0.15) is 5.56 Å². The molecule has 2 aromatic rings. The molecule has 0 fully saturated rings. The van der Waals surface area contributed by atoms with E-state index in [1.807, 2.05) is 25.1 Å². The van der Waals surface area contributed by atoms with Crippen molar-refractivity contribution in [2.24, 2.45) is 0 Å². The van der Waals surface area contributed by atoms with Crippen LogP contribution in [0.4, 0.5) is 0 Å². The first-order valence-corrected chi connectivity index (χ1v) is 5.06. The molecule has 3 heteroatoms. The van der Waals surface area contributed by atoms with Crippen LogP contribution in [0.15, 0.2) is 28.9 Å². The van der Waals surface area contributed by atoms with Crippen LogP contribution in [0.5, 0.6) is 0 Å². The molecule has 0 aliphatic rings. The van der Waals surface area contributed by atoms with E-state index in [-0.39, 0.29) is 0 Å². The van der Waals surface area contributed by atoms with Crippen molar-refractivity contribution < 1.29 is 0 Å². The smallest absolute Gasteiger partial charge is 0.137 e. The lowest BCUT2D eigenvalue weighted by Gasteiger charge is -2.04. The van der Waals surface area contributed by atoms with Gasteiger partial charge in [-0.05, 0) is 23.9 Å². The van der Waals surface area contributed by atoms with Crippen LogP contribution >= 0.6 is 27.5 Å². The molecule has 0 bridgehead atoms. The Kier molecular flexibility index (Phi) is 2.26. The van der Waals surface area contributed by atoms with Crippen LogP contribution in [-0.2, 0) is 0 Å². The standard InChI is InChI=1S/C10H7BrClN/c1-6-5-13-10(12)9-7(6)3-2-4-8(9)11/h2-5H,1H3. The number of pyridine rings is 1. The van der Waals surface area contributed by atoms with Gasteiger partial charge in [0.1, 0.15) is 5.15 Å². The van der Waals surface area contributed by atoms with Crippen molar-refractivity contribution in [3.05, 3.63) is 39.6 Å². The van der Waals surface area contributed by atoms with Gasteiger partial charge in [0.15, 0.2) is 0 Å². The molecule has 1 aromatic carbocycles. The summed E-state index contributed by atoms with van der Waals surface area (Å²) < 4.78 is 0.992. The number of hydrogen-bond donors (Lipinski definition) is 0. The molecule has 0 aliphatic heterocycles. The van der Waals surface area contributed by atoms with Gasteiger partial charge in [-0.1, -0.05) is 39.7 Å². The molecule has 0 saturated carbocycles. The topological polar surface area (TPSA) is 12.9 Å². The Morgan fingerprint density at radius 3 is 2.85 bits per heavy atom. The molecule has 66 valence electrons. The van der Waals surface area contributed by atoms with E-state index in [0.29, 0.717) is 5.15 Å². The Morgan fingerprint density at radius 2 is 2.15 bits per heavy atom. The SMILES string of the molecule is Cc1cnc(Cl)c2c(Br)cccc12. The number of rotatable bonds is 0. The van der Waals surface area contributed by atoms with Gasteiger partial charge in [0.05, 0.1) is 0 Å². The zero-order chi connectivity index (χ0) is 9.42. The van der Waals surface area contributed by atoms with Crippen molar-refractivity contribution >= 4 is 38.3 Å². The van der Waals surface area contributed by atoms with E-state index in [1.165, 1.54) is 0 Å². The average Bonchev–Trinajstić information content (AvgIpc) is 2.12. The lowest BCUT2D eigenvalue weighted by molar-refractivity contribution is 1.31. The lowest BCUT2D eigenvalue weighted by atomic mass is 10.1. The molecule has 0 unspecified atom stereocenters. The van der Waals surface area contributed by atoms with Gasteiger partial charge in [-0.25, -0.2) is 4.98 Å². The summed E-state index contributed by atoms with van der Waals surface area (Å²) in [5, 5.41) is 2.69. The molecule has 0 N–H and O–H groups in total. The number of halogens is 2. The number of hydrogen-bond acceptors (Lipinski definition) is 1. The third kappa shape index (κ3) is 1.45. The monoisotopic (exact) mass is 255 g/mol. The van der Waals surface area contributed by atoms with Gasteiger partial charge in [-0.3, -0.25) is 0 Å². The maximum Gasteiger partial charge on any atom is 0.137 e. The van der Waals surface area contributed by atoms with E-state index in [4.69, 9.17) is 11.6 Å². The Hall–Kier alpha value is -0.600. The van der Waals surface area contributed by atoms with Gasteiger partial charge in [-0.15, -0.1) is 0 Å². The third-order valence-electron chi connectivity index (χ3n) is 2.02. The molecule has 13 heavy (non-hydrogen) atoms. The van der Waals surface area contributed by atoms with E-state index in [2.05, 4.69) is 20.9 Å². The summed E-state index contributed by atoms with van der Waals surface area (Å²) in [5.41, 5.74) is 1.14. The van der Waals surface area contributed by atoms with Crippen LogP contribution in [-0.4, -0.2) is 4.98 Å². The number of nitrogens with zero attached hydrogens (tertiary/aromatic N) is 1. The van der Waals surface area contributed by atoms with Gasteiger partial charge < -0.3 is 0 Å². The van der Waals surface area contributed by atoms with Gasteiger partial charge in [0, 0.05) is 16.1 Å². The highest BCUT2D eigenvalue weighted by atomic mass is 79.9. The minimum absolute atomic E-state index is 0.549. The summed E-state index contributed by atoms with van der Waals surface area (Å²) in [4.78, 5) is 4.10. The highest BCUT2D eigenvalue weighted by molar-refractivity contribution is 9.10. The fraction of sp³-hybridized carbons (Fsp3) is 0.100. The Labute approximate surface area is 89.9 Å². The molecule has 0 saturated heterocycles. The van der Waals surface area contributed by atoms with Crippen LogP contribution in [0.25, 0.3) is 10.8 Å². The first-order valence-electron chi connectivity index (χ1n) is 3.89. The largest absolute Gasteiger partial charge is 0.244 e. The first kappa shape index (κ1) is 8.97. The van der Waals surface area contributed by atoms with Gasteiger partial charge >= 0.3 is 0 Å². The predicted molar refractivity (Wildman–Crippen MR) is 59.2 cm³/mol. The van der Waals surface area contributed by atoms with Crippen molar-refractivity contribution in [1.29, 1.82) is 0 Å². The minimum Gasteiger partial charge on any atom is -0.244 e. The van der Waals surface area contributed by atoms with Crippen molar-refractivity contribution in [2.75, 3.05) is 0 Å². The highest BCUT2D eigenvalue weighted by Crippen LogP contribution is 2.30. The normalized spacial score (nSPS) is 10.7. The number of benzene rings is 1. The molecule has 1 nitrogen and oxygen atoms in total. The summed E-state index contributed by atoms with van der Waals surface area (Å²) in [6, 6.07) is 6.01. The van der Waals surface area contributed by atoms with E-state index < -0.39 is 0 Å². The lowest BCUT2D eigenvalue weighted by Crippen LogP contribution is -1.84. The van der Waals surface area contributed by atoms with E-state index in [1.54, 1.807) is 6.20 Å². The van der Waals surface area contributed by atoms with E-state index in [0.717, 1.165) is 20.8 Å². The van der Waals surface area contributed by atoms with E-state index >= 15 is 0 Å². The Balaban J connectivity index is 3.00. The van der Waals surface area contributed by atoms with Gasteiger partial charge in [0.2, 0.25) is 0 Å². The fourth-order valence-electron chi connectivity index (χ4n) is 1.35. The predicted octanol–water partition coefficient (Wildman–Crippen LogP) is 3.96. The summed E-state index contributed by atoms with van der Waals surface area (Å²) in [6.07, 6.45) is 1.79. The highest BCUT2D eigenvalue weighted by Gasteiger charge is 2.05. The van der Waals surface area contributed by atoms with Crippen LogP contribution in [0.2, 0.25) is 5.15 Å². The number of aryl methyl sites for hydroxylation is 1. The molecule has 1 heterocycles. The average molecular weight is 257 g/mol. The number of fused-ring (bicyclic) bond motifs is 1. The second kappa shape index (κ2) is 3.28. The van der Waals surface area contributed by atoms with Crippen molar-refractivity contribution in [3.8, 4) is 0 Å². The Bertz CT molecular complexity index is 459. The summed E-state index contributed by atoms with van der Waals surface area (Å²) in [6.45, 7) is 2.03. The summed E-state index contributed by atoms with van der Waals surface area (Å²) in [5.74, 6) is 0. The van der Waals surface area contributed by atoms with Gasteiger partial charge in [-0.2, -0.15) is 0 Å². The molecule has 0 spiro atoms. The minimum atomic E-state index is 0.549. The van der Waals surface area contributed by atoms with E-state index in [9.17, 15) is 0 Å². The second-order valence-corrected chi connectivity index (χ2v) is 4.11. The zero-order valence-corrected chi connectivity index (χ0v) is 9.35. The van der Waals surface area contributed by atoms with Crippen molar-refractivity contribution in [2.45, 2.75) is 6.92 Å². The number of aromatic nitrogens is 1. The molecule has 2 rings (SSSR count). The zero-order valence-electron chi connectivity index (χ0n) is 7.01.